The second-order valence-corrected chi connectivity index (χ2v) is 10.5. The molecule has 5 atom stereocenters. The molecule has 1 aromatic rings. The molecule has 0 unspecified atom stereocenters. The Morgan fingerprint density at radius 1 is 1.24 bits per heavy atom. The van der Waals surface area contributed by atoms with Gasteiger partial charge in [0.15, 0.2) is 5.54 Å². The SMILES string of the molecule is CCOC(=O)[C@H]1[C@@H](NCc2ccccc2)C[C@]2(NC(=O)OC(C)(C)C)C(=O)N[C@H](C(C)C)[C@]12O. The van der Waals surface area contributed by atoms with Crippen LogP contribution < -0.4 is 16.0 Å². The molecule has 4 N–H and O–H groups in total. The van der Waals surface area contributed by atoms with Crippen molar-refractivity contribution in [2.24, 2.45) is 11.8 Å². The fourth-order valence-corrected chi connectivity index (χ4v) is 5.26. The van der Waals surface area contributed by atoms with Gasteiger partial charge >= 0.3 is 12.1 Å². The predicted molar refractivity (Wildman–Crippen MR) is 126 cm³/mol. The maximum absolute atomic E-state index is 13.4. The minimum Gasteiger partial charge on any atom is -0.466 e. The Morgan fingerprint density at radius 3 is 2.44 bits per heavy atom. The smallest absolute Gasteiger partial charge is 0.408 e. The summed E-state index contributed by atoms with van der Waals surface area (Å²) in [5.41, 5.74) is -3.53. The van der Waals surface area contributed by atoms with Crippen LogP contribution in [0.1, 0.15) is 53.5 Å². The van der Waals surface area contributed by atoms with Crippen molar-refractivity contribution in [3.05, 3.63) is 35.9 Å². The van der Waals surface area contributed by atoms with E-state index in [9.17, 15) is 19.5 Å². The highest BCUT2D eigenvalue weighted by Gasteiger charge is 2.77. The van der Waals surface area contributed by atoms with Crippen molar-refractivity contribution in [3.63, 3.8) is 0 Å². The van der Waals surface area contributed by atoms with Crippen LogP contribution >= 0.6 is 0 Å². The van der Waals surface area contributed by atoms with E-state index in [4.69, 9.17) is 9.47 Å². The summed E-state index contributed by atoms with van der Waals surface area (Å²) in [5.74, 6) is -2.48. The average Bonchev–Trinajstić information content (AvgIpc) is 3.10. The summed E-state index contributed by atoms with van der Waals surface area (Å²) in [5, 5.41) is 21.1. The molecule has 1 aromatic carbocycles. The molecule has 0 radical (unpaired) electrons. The summed E-state index contributed by atoms with van der Waals surface area (Å²) < 4.78 is 10.8. The monoisotopic (exact) mass is 475 g/mol. The minimum absolute atomic E-state index is 0.00584. The van der Waals surface area contributed by atoms with Crippen molar-refractivity contribution in [3.8, 4) is 0 Å². The van der Waals surface area contributed by atoms with Gasteiger partial charge in [0.1, 0.15) is 17.1 Å². The molecule has 2 amide bonds. The van der Waals surface area contributed by atoms with E-state index >= 15 is 0 Å². The largest absolute Gasteiger partial charge is 0.466 e. The molecular weight excluding hydrogens is 438 g/mol. The number of hydrogen-bond donors (Lipinski definition) is 4. The predicted octanol–water partition coefficient (Wildman–Crippen LogP) is 1.88. The third kappa shape index (κ3) is 4.63. The standard InChI is InChI=1S/C25H37N3O6/c1-7-33-20(29)18-17(26-14-16-11-9-8-10-12-16)13-24(28-22(31)34-23(4,5)6)21(30)27-19(15(2)3)25(18,24)32/h8-12,15,17-19,26,32H,7,13-14H2,1-6H3,(H,27,30)(H,28,31)/t17-,18+,19+,24-,25+/m0/s1. The van der Waals surface area contributed by atoms with Crippen LogP contribution in [0.4, 0.5) is 4.79 Å². The molecule has 3 rings (SSSR count). The second kappa shape index (κ2) is 9.54. The highest BCUT2D eigenvalue weighted by atomic mass is 16.6. The lowest BCUT2D eigenvalue weighted by atomic mass is 9.72. The van der Waals surface area contributed by atoms with Gasteiger partial charge in [-0.2, -0.15) is 0 Å². The number of aliphatic hydroxyl groups is 1. The number of benzene rings is 1. The summed E-state index contributed by atoms with van der Waals surface area (Å²) in [6, 6.07) is 8.18. The third-order valence-corrected chi connectivity index (χ3v) is 6.57. The topological polar surface area (TPSA) is 126 Å². The van der Waals surface area contributed by atoms with Gasteiger partial charge in [0.25, 0.3) is 0 Å². The Labute approximate surface area is 201 Å². The van der Waals surface area contributed by atoms with Crippen molar-refractivity contribution >= 4 is 18.0 Å². The molecule has 0 bridgehead atoms. The molecule has 1 heterocycles. The molecule has 2 aliphatic rings. The van der Waals surface area contributed by atoms with Crippen molar-refractivity contribution in [1.82, 2.24) is 16.0 Å². The first-order valence-corrected chi connectivity index (χ1v) is 11.8. The zero-order valence-electron chi connectivity index (χ0n) is 20.8. The van der Waals surface area contributed by atoms with Gasteiger partial charge in [-0.3, -0.25) is 9.59 Å². The van der Waals surface area contributed by atoms with Crippen LogP contribution in [-0.2, 0) is 25.6 Å². The first kappa shape index (κ1) is 26.0. The van der Waals surface area contributed by atoms with E-state index in [1.165, 1.54) is 0 Å². The Bertz CT molecular complexity index is 915. The van der Waals surface area contributed by atoms with Gasteiger partial charge in [0, 0.05) is 12.6 Å². The summed E-state index contributed by atoms with van der Waals surface area (Å²) in [6.07, 6.45) is -0.842. The molecule has 1 saturated heterocycles. The van der Waals surface area contributed by atoms with Crippen molar-refractivity contribution in [1.29, 1.82) is 0 Å². The van der Waals surface area contributed by atoms with Gasteiger partial charge in [0.05, 0.1) is 12.6 Å². The molecule has 2 fully saturated rings. The van der Waals surface area contributed by atoms with Gasteiger partial charge in [0.2, 0.25) is 5.91 Å². The van der Waals surface area contributed by atoms with Crippen LogP contribution in [0.2, 0.25) is 0 Å². The Morgan fingerprint density at radius 2 is 1.88 bits per heavy atom. The molecular formula is C25H37N3O6. The normalized spacial score (nSPS) is 30.6. The molecule has 34 heavy (non-hydrogen) atoms. The number of rotatable bonds is 7. The van der Waals surface area contributed by atoms with Crippen LogP contribution in [-0.4, -0.2) is 58.5 Å². The Hall–Kier alpha value is -2.65. The van der Waals surface area contributed by atoms with E-state index in [-0.39, 0.29) is 18.9 Å². The van der Waals surface area contributed by atoms with E-state index in [0.717, 1.165) is 5.56 Å². The number of carbonyl (C=O) groups excluding carboxylic acids is 3. The number of hydrogen-bond acceptors (Lipinski definition) is 7. The number of nitrogens with one attached hydrogen (secondary N) is 3. The highest BCUT2D eigenvalue weighted by Crippen LogP contribution is 2.52. The molecule has 0 aromatic heterocycles. The first-order chi connectivity index (χ1) is 15.9. The van der Waals surface area contributed by atoms with Crippen molar-refractivity contribution in [2.45, 2.75) is 83.3 Å². The lowest BCUT2D eigenvalue weighted by Crippen LogP contribution is -2.68. The third-order valence-electron chi connectivity index (χ3n) is 6.57. The lowest BCUT2D eigenvalue weighted by Gasteiger charge is -2.41. The average molecular weight is 476 g/mol. The van der Waals surface area contributed by atoms with E-state index < -0.39 is 52.7 Å². The van der Waals surface area contributed by atoms with Crippen LogP contribution in [0, 0.1) is 11.8 Å². The number of fused-ring (bicyclic) bond motifs is 1. The molecule has 1 saturated carbocycles. The van der Waals surface area contributed by atoms with Gasteiger partial charge in [-0.1, -0.05) is 44.2 Å². The van der Waals surface area contributed by atoms with E-state index in [2.05, 4.69) is 16.0 Å². The zero-order chi connectivity index (χ0) is 25.3. The van der Waals surface area contributed by atoms with Gasteiger partial charge in [-0.25, -0.2) is 4.79 Å². The summed E-state index contributed by atoms with van der Waals surface area (Å²) >= 11 is 0. The summed E-state index contributed by atoms with van der Waals surface area (Å²) in [4.78, 5) is 39.5. The fourth-order valence-electron chi connectivity index (χ4n) is 5.26. The maximum Gasteiger partial charge on any atom is 0.408 e. The van der Waals surface area contributed by atoms with Gasteiger partial charge in [-0.15, -0.1) is 0 Å². The van der Waals surface area contributed by atoms with E-state index in [1.54, 1.807) is 27.7 Å². The number of ether oxygens (including phenoxy) is 2. The molecule has 188 valence electrons. The maximum atomic E-state index is 13.4. The number of carbonyl (C=O) groups is 3. The zero-order valence-corrected chi connectivity index (χ0v) is 20.8. The van der Waals surface area contributed by atoms with Crippen LogP contribution in [0.5, 0.6) is 0 Å². The molecule has 9 heteroatoms. The molecule has 0 spiro atoms. The minimum atomic E-state index is -1.93. The second-order valence-electron chi connectivity index (χ2n) is 10.5. The molecule has 1 aliphatic carbocycles. The van der Waals surface area contributed by atoms with Crippen molar-refractivity contribution < 1.29 is 29.0 Å². The van der Waals surface area contributed by atoms with Crippen LogP contribution in [0.15, 0.2) is 30.3 Å². The van der Waals surface area contributed by atoms with Crippen LogP contribution in [0.25, 0.3) is 0 Å². The van der Waals surface area contributed by atoms with E-state index in [0.29, 0.717) is 6.54 Å². The van der Waals surface area contributed by atoms with Gasteiger partial charge < -0.3 is 30.5 Å². The number of alkyl carbamates (subject to hydrolysis) is 1. The Balaban J connectivity index is 2.04. The fraction of sp³-hybridized carbons (Fsp3) is 0.640. The Kier molecular flexibility index (Phi) is 7.28. The highest BCUT2D eigenvalue weighted by molar-refractivity contribution is 5.97. The molecule has 9 nitrogen and oxygen atoms in total. The number of amides is 2. The van der Waals surface area contributed by atoms with Crippen LogP contribution in [0.3, 0.4) is 0 Å². The molecule has 1 aliphatic heterocycles. The summed E-state index contributed by atoms with van der Waals surface area (Å²) in [6.45, 7) is 11.0. The number of esters is 1. The first-order valence-electron chi connectivity index (χ1n) is 11.8. The van der Waals surface area contributed by atoms with E-state index in [1.807, 2.05) is 44.2 Å². The lowest BCUT2D eigenvalue weighted by molar-refractivity contribution is -0.162. The quantitative estimate of drug-likeness (QED) is 0.444. The summed E-state index contributed by atoms with van der Waals surface area (Å²) in [7, 11) is 0. The van der Waals surface area contributed by atoms with Gasteiger partial charge in [-0.05, 0) is 45.6 Å². The van der Waals surface area contributed by atoms with Crippen molar-refractivity contribution in [2.75, 3.05) is 6.61 Å².